The summed E-state index contributed by atoms with van der Waals surface area (Å²) in [4.78, 5) is 23.8. The van der Waals surface area contributed by atoms with Crippen molar-refractivity contribution in [2.75, 3.05) is 18.1 Å². The van der Waals surface area contributed by atoms with Gasteiger partial charge in [0, 0.05) is 24.6 Å². The fourth-order valence-electron chi connectivity index (χ4n) is 4.47. The fourth-order valence-corrected chi connectivity index (χ4v) is 4.47. The minimum absolute atomic E-state index is 0.0190. The third-order valence-electron chi connectivity index (χ3n) is 5.80. The van der Waals surface area contributed by atoms with Gasteiger partial charge in [-0.15, -0.1) is 0 Å². The van der Waals surface area contributed by atoms with E-state index < -0.39 is 0 Å². The number of nitrogens with zero attached hydrogens (tertiary/aromatic N) is 5. The Bertz CT molecular complexity index is 894. The lowest BCUT2D eigenvalue weighted by Crippen LogP contribution is -2.38. The third kappa shape index (κ3) is 2.70. The molecule has 0 bridgehead atoms. The molecule has 0 spiro atoms. The Morgan fingerprint density at radius 3 is 3.08 bits per heavy atom. The molecule has 1 unspecified atom stereocenters. The number of anilines is 1. The van der Waals surface area contributed by atoms with Gasteiger partial charge in [-0.25, -0.2) is 14.6 Å². The number of aromatic nitrogens is 4. The first-order valence-electron chi connectivity index (χ1n) is 9.56. The van der Waals surface area contributed by atoms with E-state index in [9.17, 15) is 4.79 Å². The normalized spacial score (nSPS) is 21.7. The van der Waals surface area contributed by atoms with E-state index in [0.29, 0.717) is 13.2 Å². The van der Waals surface area contributed by atoms with Gasteiger partial charge in [-0.2, -0.15) is 5.10 Å². The molecule has 136 valence electrons. The molecule has 0 N–H and O–H groups in total. The van der Waals surface area contributed by atoms with Gasteiger partial charge in [0.1, 0.15) is 12.1 Å². The number of hydrogen-bond acceptors (Lipinski definition) is 6. The summed E-state index contributed by atoms with van der Waals surface area (Å²) < 4.78 is 7.31. The van der Waals surface area contributed by atoms with E-state index in [1.165, 1.54) is 0 Å². The van der Waals surface area contributed by atoms with Crippen LogP contribution >= 0.6 is 0 Å². The van der Waals surface area contributed by atoms with Crippen LogP contribution < -0.4 is 10.5 Å². The van der Waals surface area contributed by atoms with Crippen molar-refractivity contribution in [3.63, 3.8) is 0 Å². The monoisotopic (exact) mass is 353 g/mol. The van der Waals surface area contributed by atoms with E-state index in [-0.39, 0.29) is 11.6 Å². The zero-order valence-corrected chi connectivity index (χ0v) is 14.9. The summed E-state index contributed by atoms with van der Waals surface area (Å²) in [6, 6.07) is 2.02. The molecule has 2 aromatic rings. The molecule has 7 nitrogen and oxygen atoms in total. The number of fused-ring (bicyclic) bond motifs is 2. The maximum atomic E-state index is 12.5. The van der Waals surface area contributed by atoms with Crippen molar-refractivity contribution >= 4 is 5.82 Å². The summed E-state index contributed by atoms with van der Waals surface area (Å²) in [6.07, 6.45) is 7.73. The Hall–Kier alpha value is -2.28. The third-order valence-corrected chi connectivity index (χ3v) is 5.80. The molecular weight excluding hydrogens is 330 g/mol. The van der Waals surface area contributed by atoms with Gasteiger partial charge in [-0.05, 0) is 37.7 Å². The van der Waals surface area contributed by atoms with Crippen LogP contribution in [-0.2, 0) is 37.2 Å². The summed E-state index contributed by atoms with van der Waals surface area (Å²) >= 11 is 0. The van der Waals surface area contributed by atoms with Gasteiger partial charge < -0.3 is 9.64 Å². The van der Waals surface area contributed by atoms with Gasteiger partial charge in [-0.3, -0.25) is 4.79 Å². The average Bonchev–Trinajstić information content (AvgIpc) is 3.30. The molecule has 2 aliphatic heterocycles. The summed E-state index contributed by atoms with van der Waals surface area (Å²) in [7, 11) is 0. The number of aryl methyl sites for hydroxylation is 2. The highest BCUT2D eigenvalue weighted by Crippen LogP contribution is 2.30. The van der Waals surface area contributed by atoms with Gasteiger partial charge >= 0.3 is 0 Å². The molecule has 0 radical (unpaired) electrons. The van der Waals surface area contributed by atoms with E-state index in [0.717, 1.165) is 80.0 Å². The lowest BCUT2D eigenvalue weighted by atomic mass is 10.1. The van der Waals surface area contributed by atoms with E-state index in [2.05, 4.69) is 20.0 Å². The van der Waals surface area contributed by atoms with Gasteiger partial charge in [0.05, 0.1) is 37.2 Å². The fraction of sp³-hybridized carbons (Fsp3) is 0.579. The van der Waals surface area contributed by atoms with Crippen LogP contribution in [-0.4, -0.2) is 38.9 Å². The van der Waals surface area contributed by atoms with Crippen molar-refractivity contribution < 1.29 is 4.74 Å². The van der Waals surface area contributed by atoms with Crippen LogP contribution in [0.15, 0.2) is 17.2 Å². The maximum Gasteiger partial charge on any atom is 0.267 e. The van der Waals surface area contributed by atoms with E-state index in [4.69, 9.17) is 4.74 Å². The van der Waals surface area contributed by atoms with Crippen molar-refractivity contribution in [3.8, 4) is 0 Å². The second kappa shape index (κ2) is 6.46. The second-order valence-electron chi connectivity index (χ2n) is 7.40. The molecule has 4 heterocycles. The molecule has 1 saturated heterocycles. The zero-order valence-electron chi connectivity index (χ0n) is 14.9. The van der Waals surface area contributed by atoms with Crippen molar-refractivity contribution in [1.82, 2.24) is 19.7 Å². The number of rotatable bonds is 3. The minimum Gasteiger partial charge on any atom is -0.376 e. The van der Waals surface area contributed by atoms with Gasteiger partial charge in [0.2, 0.25) is 0 Å². The van der Waals surface area contributed by atoms with E-state index in [1.807, 2.05) is 0 Å². The van der Waals surface area contributed by atoms with Gasteiger partial charge in [0.25, 0.3) is 5.56 Å². The molecule has 2 aromatic heterocycles. The van der Waals surface area contributed by atoms with Crippen LogP contribution in [0.2, 0.25) is 0 Å². The lowest BCUT2D eigenvalue weighted by Gasteiger charge is -2.29. The summed E-state index contributed by atoms with van der Waals surface area (Å²) in [6.45, 7) is 2.87. The highest BCUT2D eigenvalue weighted by molar-refractivity contribution is 5.50. The van der Waals surface area contributed by atoms with Crippen LogP contribution in [0, 0.1) is 0 Å². The van der Waals surface area contributed by atoms with Crippen LogP contribution in [0.3, 0.4) is 0 Å². The predicted molar refractivity (Wildman–Crippen MR) is 96.3 cm³/mol. The van der Waals surface area contributed by atoms with Crippen LogP contribution in [0.1, 0.15) is 41.8 Å². The molecule has 1 aliphatic carbocycles. The van der Waals surface area contributed by atoms with E-state index in [1.54, 1.807) is 17.1 Å². The smallest absolute Gasteiger partial charge is 0.267 e. The molecule has 26 heavy (non-hydrogen) atoms. The maximum absolute atomic E-state index is 12.5. The Morgan fingerprint density at radius 1 is 1.15 bits per heavy atom. The molecule has 7 heteroatoms. The molecular formula is C19H23N5O2. The van der Waals surface area contributed by atoms with Crippen LogP contribution in [0.25, 0.3) is 0 Å². The molecule has 3 aliphatic rings. The minimum atomic E-state index is 0.0190. The van der Waals surface area contributed by atoms with Crippen molar-refractivity contribution in [1.29, 1.82) is 0 Å². The first kappa shape index (κ1) is 15.9. The standard InChI is InChI=1S/C19H23N5O2/c25-18-9-13-3-1-5-16(13)22-24(18)10-14-4-2-7-23(14)19-15-11-26-8-6-17(15)20-12-21-19/h9,12,14H,1-8,10-11H2. The van der Waals surface area contributed by atoms with Crippen molar-refractivity contribution in [3.05, 3.63) is 45.3 Å². The summed E-state index contributed by atoms with van der Waals surface area (Å²) in [5.41, 5.74) is 4.46. The zero-order chi connectivity index (χ0) is 17.5. The largest absolute Gasteiger partial charge is 0.376 e. The van der Waals surface area contributed by atoms with Crippen molar-refractivity contribution in [2.45, 2.75) is 57.7 Å². The molecule has 0 saturated carbocycles. The highest BCUT2D eigenvalue weighted by Gasteiger charge is 2.30. The second-order valence-corrected chi connectivity index (χ2v) is 7.40. The Kier molecular flexibility index (Phi) is 3.96. The SMILES string of the molecule is O=c1cc2c(nn1CC1CCCN1c1ncnc3c1COCC3)CCC2. The first-order valence-corrected chi connectivity index (χ1v) is 9.56. The molecule has 1 fully saturated rings. The Morgan fingerprint density at radius 2 is 2.12 bits per heavy atom. The van der Waals surface area contributed by atoms with Crippen LogP contribution in [0.4, 0.5) is 5.82 Å². The quantitative estimate of drug-likeness (QED) is 0.827. The number of ether oxygens (including phenoxy) is 1. The number of hydrogen-bond donors (Lipinski definition) is 0. The molecule has 0 aromatic carbocycles. The topological polar surface area (TPSA) is 73.1 Å². The molecule has 1 atom stereocenters. The Balaban J connectivity index is 1.45. The Labute approximate surface area is 152 Å². The highest BCUT2D eigenvalue weighted by atomic mass is 16.5. The van der Waals surface area contributed by atoms with Crippen molar-refractivity contribution in [2.24, 2.45) is 0 Å². The van der Waals surface area contributed by atoms with E-state index >= 15 is 0 Å². The van der Waals surface area contributed by atoms with Gasteiger partial charge in [0.15, 0.2) is 0 Å². The summed E-state index contributed by atoms with van der Waals surface area (Å²) in [5.74, 6) is 0.978. The predicted octanol–water partition coefficient (Wildman–Crippen LogP) is 1.26. The first-order chi connectivity index (χ1) is 12.8. The summed E-state index contributed by atoms with van der Waals surface area (Å²) in [5, 5.41) is 4.65. The van der Waals surface area contributed by atoms with Crippen LogP contribution in [0.5, 0.6) is 0 Å². The lowest BCUT2D eigenvalue weighted by molar-refractivity contribution is 0.109. The molecule has 5 rings (SSSR count). The van der Waals surface area contributed by atoms with Gasteiger partial charge in [-0.1, -0.05) is 0 Å². The average molecular weight is 353 g/mol. The molecule has 0 amide bonds.